The summed E-state index contributed by atoms with van der Waals surface area (Å²) in [4.78, 5) is 2.49. The number of hydrogen-bond donors (Lipinski definition) is 1. The Morgan fingerprint density at radius 1 is 1.22 bits per heavy atom. The van der Waals surface area contributed by atoms with E-state index in [2.05, 4.69) is 72.2 Å². The van der Waals surface area contributed by atoms with Gasteiger partial charge in [0.1, 0.15) is 0 Å². The summed E-state index contributed by atoms with van der Waals surface area (Å²) in [6.07, 6.45) is 4.25. The Hall–Kier alpha value is -2.40. The monoisotopic (exact) mass is 364 g/mol. The number of nitrogens with one attached hydrogen (secondary N) is 1. The fourth-order valence-electron chi connectivity index (χ4n) is 3.87. The minimum atomic E-state index is 0.299. The maximum atomic E-state index is 5.69. The molecule has 142 valence electrons. The zero-order chi connectivity index (χ0) is 19.0. The number of aryl methyl sites for hydroxylation is 2. The van der Waals surface area contributed by atoms with Crippen LogP contribution in [-0.4, -0.2) is 26.8 Å². The molecule has 1 saturated heterocycles. The van der Waals surface area contributed by atoms with Gasteiger partial charge in [-0.25, -0.2) is 0 Å². The highest BCUT2D eigenvalue weighted by Crippen LogP contribution is 2.35. The highest BCUT2D eigenvalue weighted by molar-refractivity contribution is 5.64. The summed E-state index contributed by atoms with van der Waals surface area (Å²) in [5.74, 6) is 1.38. The van der Waals surface area contributed by atoms with E-state index in [1.807, 2.05) is 6.20 Å². The van der Waals surface area contributed by atoms with Gasteiger partial charge >= 0.3 is 0 Å². The van der Waals surface area contributed by atoms with Crippen molar-refractivity contribution in [2.45, 2.75) is 59.0 Å². The molecule has 1 aliphatic heterocycles. The molecule has 0 bridgehead atoms. The van der Waals surface area contributed by atoms with Crippen LogP contribution in [0.2, 0.25) is 0 Å². The van der Waals surface area contributed by atoms with Crippen molar-refractivity contribution in [2.24, 2.45) is 0 Å². The van der Waals surface area contributed by atoms with Crippen LogP contribution in [0.15, 0.2) is 35.0 Å². The number of H-pyrrole nitrogens is 1. The Morgan fingerprint density at radius 3 is 2.81 bits per heavy atom. The maximum Gasteiger partial charge on any atom is 0.154 e. The van der Waals surface area contributed by atoms with Gasteiger partial charge in [-0.05, 0) is 56.3 Å². The largest absolute Gasteiger partial charge is 0.359 e. The second kappa shape index (κ2) is 7.31. The molecule has 2 aromatic heterocycles. The molecule has 0 radical (unpaired) electrons. The smallest absolute Gasteiger partial charge is 0.154 e. The zero-order valence-corrected chi connectivity index (χ0v) is 16.6. The number of likely N-dealkylation sites (tertiary alicyclic amines) is 1. The number of aromatic amines is 1. The minimum absolute atomic E-state index is 0.299. The molecule has 0 amide bonds. The van der Waals surface area contributed by atoms with Crippen LogP contribution in [0.25, 0.3) is 11.3 Å². The van der Waals surface area contributed by atoms with E-state index in [1.54, 1.807) is 0 Å². The van der Waals surface area contributed by atoms with Crippen molar-refractivity contribution < 1.29 is 4.52 Å². The lowest BCUT2D eigenvalue weighted by Crippen LogP contribution is -2.22. The predicted octanol–water partition coefficient (Wildman–Crippen LogP) is 5.14. The average molecular weight is 364 g/mol. The second-order valence-electron chi connectivity index (χ2n) is 8.01. The second-order valence-corrected chi connectivity index (χ2v) is 8.01. The topological polar surface area (TPSA) is 58.0 Å². The Bertz CT molecular complexity index is 924. The van der Waals surface area contributed by atoms with E-state index in [1.165, 1.54) is 28.7 Å². The molecular weight excluding hydrogens is 336 g/mol. The van der Waals surface area contributed by atoms with E-state index in [4.69, 9.17) is 4.52 Å². The molecule has 1 aromatic carbocycles. The predicted molar refractivity (Wildman–Crippen MR) is 106 cm³/mol. The first-order chi connectivity index (χ1) is 13.0. The highest BCUT2D eigenvalue weighted by Gasteiger charge is 2.30. The van der Waals surface area contributed by atoms with E-state index in [0.29, 0.717) is 12.0 Å². The first-order valence-corrected chi connectivity index (χ1v) is 9.83. The van der Waals surface area contributed by atoms with Gasteiger partial charge in [0.25, 0.3) is 0 Å². The molecule has 1 atom stereocenters. The Kier molecular flexibility index (Phi) is 4.87. The molecule has 0 unspecified atom stereocenters. The average Bonchev–Trinajstić information content (AvgIpc) is 3.37. The summed E-state index contributed by atoms with van der Waals surface area (Å²) < 4.78 is 5.69. The van der Waals surface area contributed by atoms with Crippen LogP contribution in [0.5, 0.6) is 0 Å². The third-order valence-electron chi connectivity index (χ3n) is 5.72. The maximum absolute atomic E-state index is 5.69. The van der Waals surface area contributed by atoms with Gasteiger partial charge < -0.3 is 4.52 Å². The quantitative estimate of drug-likeness (QED) is 0.681. The number of aromatic nitrogens is 3. The van der Waals surface area contributed by atoms with Crippen LogP contribution < -0.4 is 0 Å². The van der Waals surface area contributed by atoms with E-state index < -0.39 is 0 Å². The summed E-state index contributed by atoms with van der Waals surface area (Å²) in [6, 6.07) is 9.02. The third-order valence-corrected chi connectivity index (χ3v) is 5.72. The summed E-state index contributed by atoms with van der Waals surface area (Å²) in [5.41, 5.74) is 7.19. The van der Waals surface area contributed by atoms with Crippen LogP contribution in [0.3, 0.4) is 0 Å². The molecule has 1 N–H and O–H groups in total. The lowest BCUT2D eigenvalue weighted by Gasteiger charge is -2.22. The van der Waals surface area contributed by atoms with Crippen molar-refractivity contribution in [1.29, 1.82) is 0 Å². The van der Waals surface area contributed by atoms with Crippen LogP contribution in [0, 0.1) is 13.8 Å². The number of nitrogens with zero attached hydrogens (tertiary/aromatic N) is 3. The first kappa shape index (κ1) is 18.0. The summed E-state index contributed by atoms with van der Waals surface area (Å²) in [5, 5.41) is 11.8. The first-order valence-electron chi connectivity index (χ1n) is 9.83. The Morgan fingerprint density at radius 2 is 2.07 bits per heavy atom. The lowest BCUT2D eigenvalue weighted by atomic mass is 10.0. The number of benzene rings is 1. The molecule has 3 aromatic rings. The van der Waals surface area contributed by atoms with Crippen LogP contribution in [0.4, 0.5) is 0 Å². The van der Waals surface area contributed by atoms with E-state index in [0.717, 1.165) is 36.7 Å². The summed E-state index contributed by atoms with van der Waals surface area (Å²) >= 11 is 0. The van der Waals surface area contributed by atoms with Gasteiger partial charge in [0.2, 0.25) is 0 Å². The fourth-order valence-corrected chi connectivity index (χ4v) is 3.87. The standard InChI is InChI=1S/C22H28N4O/c1-14(2)19-11-21(27-25-19)20-6-5-9-26(20)13-18-12-23-24-22(18)17-8-7-15(3)16(4)10-17/h7-8,10-12,14,20H,5-6,9,13H2,1-4H3,(H,23,24)/t20-/m0/s1. The van der Waals surface area contributed by atoms with Crippen molar-refractivity contribution in [3.63, 3.8) is 0 Å². The van der Waals surface area contributed by atoms with Gasteiger partial charge in [-0.3, -0.25) is 10.00 Å². The molecule has 0 saturated carbocycles. The summed E-state index contributed by atoms with van der Waals surface area (Å²) in [6.45, 7) is 10.5. The Balaban J connectivity index is 1.57. The number of rotatable bonds is 5. The molecule has 27 heavy (non-hydrogen) atoms. The van der Waals surface area contributed by atoms with E-state index in [-0.39, 0.29) is 0 Å². The van der Waals surface area contributed by atoms with Crippen molar-refractivity contribution >= 4 is 0 Å². The van der Waals surface area contributed by atoms with E-state index >= 15 is 0 Å². The van der Waals surface area contributed by atoms with Crippen LogP contribution >= 0.6 is 0 Å². The van der Waals surface area contributed by atoms with Gasteiger partial charge in [0, 0.05) is 23.7 Å². The molecule has 5 nitrogen and oxygen atoms in total. The molecule has 4 rings (SSSR count). The lowest BCUT2D eigenvalue weighted by molar-refractivity contribution is 0.206. The SMILES string of the molecule is Cc1ccc(-c2[nH]ncc2CN2CCC[C@H]2c2cc(C(C)C)no2)cc1C. The summed E-state index contributed by atoms with van der Waals surface area (Å²) in [7, 11) is 0. The zero-order valence-electron chi connectivity index (χ0n) is 16.6. The molecule has 5 heteroatoms. The van der Waals surface area contributed by atoms with Crippen molar-refractivity contribution in [3.05, 3.63) is 58.6 Å². The Labute approximate surface area is 160 Å². The molecule has 1 fully saturated rings. The van der Waals surface area contributed by atoms with Gasteiger partial charge in [0.15, 0.2) is 5.76 Å². The third kappa shape index (κ3) is 3.56. The molecular formula is C22H28N4O. The number of hydrogen-bond acceptors (Lipinski definition) is 4. The van der Waals surface area contributed by atoms with Gasteiger partial charge in [-0.2, -0.15) is 5.10 Å². The van der Waals surface area contributed by atoms with Gasteiger partial charge in [-0.15, -0.1) is 0 Å². The van der Waals surface area contributed by atoms with Crippen molar-refractivity contribution in [1.82, 2.24) is 20.3 Å². The van der Waals surface area contributed by atoms with Gasteiger partial charge in [0.05, 0.1) is 23.6 Å². The molecule has 0 spiro atoms. The van der Waals surface area contributed by atoms with Crippen LogP contribution in [-0.2, 0) is 6.54 Å². The van der Waals surface area contributed by atoms with Crippen molar-refractivity contribution in [3.8, 4) is 11.3 Å². The van der Waals surface area contributed by atoms with Crippen molar-refractivity contribution in [2.75, 3.05) is 6.54 Å². The van der Waals surface area contributed by atoms with Gasteiger partial charge in [-0.1, -0.05) is 31.1 Å². The normalized spacial score (nSPS) is 17.9. The van der Waals surface area contributed by atoms with E-state index in [9.17, 15) is 0 Å². The minimum Gasteiger partial charge on any atom is -0.359 e. The fraction of sp³-hybridized carbons (Fsp3) is 0.455. The molecule has 3 heterocycles. The molecule has 0 aliphatic carbocycles. The van der Waals surface area contributed by atoms with Crippen LogP contribution in [0.1, 0.15) is 66.8 Å². The highest BCUT2D eigenvalue weighted by atomic mass is 16.5. The molecule has 1 aliphatic rings.